The normalized spacial score (nSPS) is 22.0. The van der Waals surface area contributed by atoms with Gasteiger partial charge in [0.25, 0.3) is 0 Å². The van der Waals surface area contributed by atoms with Gasteiger partial charge in [-0.3, -0.25) is 4.79 Å². The number of nitrogens with one attached hydrogen (secondary N) is 1. The van der Waals surface area contributed by atoms with E-state index in [-0.39, 0.29) is 5.91 Å². The molecule has 0 aliphatic carbocycles. The predicted molar refractivity (Wildman–Crippen MR) is 91.9 cm³/mol. The van der Waals surface area contributed by atoms with E-state index in [1.165, 1.54) is 22.3 Å². The molecule has 3 nitrogen and oxygen atoms in total. The van der Waals surface area contributed by atoms with E-state index in [9.17, 15) is 4.79 Å². The minimum atomic E-state index is 0.287. The standard InChI is InChI=1S/C19H30N2O/c1-6-19(22)21-8-7-18(16(5)12-21)20-11-17-10-14(3)13(2)9-15(17)4/h9-10,16,18,20H,6-8,11-12H2,1-5H3/t16-,18+/m1/s1. The second-order valence-corrected chi connectivity index (χ2v) is 6.81. The van der Waals surface area contributed by atoms with E-state index in [1.807, 2.05) is 11.8 Å². The highest BCUT2D eigenvalue weighted by atomic mass is 16.2. The maximum atomic E-state index is 11.8. The molecular weight excluding hydrogens is 272 g/mol. The molecule has 1 aliphatic heterocycles. The topological polar surface area (TPSA) is 32.3 Å². The highest BCUT2D eigenvalue weighted by molar-refractivity contribution is 5.75. The van der Waals surface area contributed by atoms with E-state index < -0.39 is 0 Å². The van der Waals surface area contributed by atoms with Crippen molar-refractivity contribution in [3.63, 3.8) is 0 Å². The lowest BCUT2D eigenvalue weighted by Gasteiger charge is -2.37. The van der Waals surface area contributed by atoms with Crippen molar-refractivity contribution in [2.75, 3.05) is 13.1 Å². The van der Waals surface area contributed by atoms with Crippen molar-refractivity contribution in [1.29, 1.82) is 0 Å². The molecule has 1 heterocycles. The number of carbonyl (C=O) groups excluding carboxylic acids is 1. The van der Waals surface area contributed by atoms with Gasteiger partial charge in [0.05, 0.1) is 0 Å². The van der Waals surface area contributed by atoms with Crippen LogP contribution >= 0.6 is 0 Å². The Hall–Kier alpha value is -1.35. The lowest BCUT2D eigenvalue weighted by atomic mass is 9.93. The van der Waals surface area contributed by atoms with E-state index in [4.69, 9.17) is 0 Å². The third kappa shape index (κ3) is 3.89. The van der Waals surface area contributed by atoms with E-state index in [1.54, 1.807) is 0 Å². The van der Waals surface area contributed by atoms with Crippen LogP contribution in [-0.2, 0) is 11.3 Å². The molecule has 0 bridgehead atoms. The zero-order chi connectivity index (χ0) is 16.3. The minimum Gasteiger partial charge on any atom is -0.342 e. The monoisotopic (exact) mass is 302 g/mol. The van der Waals surface area contributed by atoms with Crippen molar-refractivity contribution in [3.05, 3.63) is 34.4 Å². The average molecular weight is 302 g/mol. The Morgan fingerprint density at radius 2 is 1.91 bits per heavy atom. The van der Waals surface area contributed by atoms with Crippen LogP contribution in [0.3, 0.4) is 0 Å². The van der Waals surface area contributed by atoms with Crippen LogP contribution < -0.4 is 5.32 Å². The van der Waals surface area contributed by atoms with Gasteiger partial charge in [0.1, 0.15) is 0 Å². The first kappa shape index (κ1) is 17.0. The molecular formula is C19H30N2O. The summed E-state index contributed by atoms with van der Waals surface area (Å²) in [6.07, 6.45) is 1.67. The summed E-state index contributed by atoms with van der Waals surface area (Å²) < 4.78 is 0. The fourth-order valence-electron chi connectivity index (χ4n) is 3.35. The quantitative estimate of drug-likeness (QED) is 0.925. The SMILES string of the molecule is CCC(=O)N1CC[C@H](NCc2cc(C)c(C)cc2C)[C@H](C)C1. The molecule has 1 N–H and O–H groups in total. The van der Waals surface area contributed by atoms with Gasteiger partial charge in [-0.25, -0.2) is 0 Å². The third-order valence-corrected chi connectivity index (χ3v) is 5.07. The van der Waals surface area contributed by atoms with Gasteiger partial charge in [-0.1, -0.05) is 26.0 Å². The Kier molecular flexibility index (Phi) is 5.63. The average Bonchev–Trinajstić information content (AvgIpc) is 2.49. The molecule has 1 fully saturated rings. The van der Waals surface area contributed by atoms with E-state index in [2.05, 4.69) is 45.1 Å². The molecule has 1 aliphatic rings. The number of benzene rings is 1. The smallest absolute Gasteiger partial charge is 0.222 e. The molecule has 1 aromatic carbocycles. The molecule has 0 spiro atoms. The zero-order valence-corrected chi connectivity index (χ0v) is 14.7. The summed E-state index contributed by atoms with van der Waals surface area (Å²) >= 11 is 0. The van der Waals surface area contributed by atoms with Gasteiger partial charge in [-0.15, -0.1) is 0 Å². The number of piperidine rings is 1. The highest BCUT2D eigenvalue weighted by Gasteiger charge is 2.27. The number of hydrogen-bond donors (Lipinski definition) is 1. The maximum Gasteiger partial charge on any atom is 0.222 e. The van der Waals surface area contributed by atoms with Gasteiger partial charge in [0, 0.05) is 32.1 Å². The Morgan fingerprint density at radius 3 is 2.55 bits per heavy atom. The van der Waals surface area contributed by atoms with Crippen molar-refractivity contribution < 1.29 is 4.79 Å². The summed E-state index contributed by atoms with van der Waals surface area (Å²) in [6.45, 7) is 13.4. The molecule has 0 saturated carbocycles. The number of rotatable bonds is 4. The van der Waals surface area contributed by atoms with Gasteiger partial charge in [0.2, 0.25) is 5.91 Å². The summed E-state index contributed by atoms with van der Waals surface area (Å²) in [5.41, 5.74) is 5.48. The highest BCUT2D eigenvalue weighted by Crippen LogP contribution is 2.20. The molecule has 2 rings (SSSR count). The largest absolute Gasteiger partial charge is 0.342 e. The Labute approximate surface area is 135 Å². The van der Waals surface area contributed by atoms with Crippen LogP contribution in [0.2, 0.25) is 0 Å². The molecule has 0 unspecified atom stereocenters. The van der Waals surface area contributed by atoms with Crippen molar-refractivity contribution in [3.8, 4) is 0 Å². The Balaban J connectivity index is 1.93. The van der Waals surface area contributed by atoms with E-state index in [0.29, 0.717) is 18.4 Å². The van der Waals surface area contributed by atoms with Crippen molar-refractivity contribution in [1.82, 2.24) is 10.2 Å². The number of carbonyl (C=O) groups is 1. The van der Waals surface area contributed by atoms with Crippen LogP contribution in [0.25, 0.3) is 0 Å². The number of amides is 1. The Bertz CT molecular complexity index is 538. The molecule has 0 radical (unpaired) electrons. The molecule has 1 aromatic rings. The first-order chi connectivity index (χ1) is 10.4. The van der Waals surface area contributed by atoms with Gasteiger partial charge < -0.3 is 10.2 Å². The van der Waals surface area contributed by atoms with Crippen LogP contribution in [-0.4, -0.2) is 29.9 Å². The van der Waals surface area contributed by atoms with Gasteiger partial charge in [-0.05, 0) is 55.4 Å². The van der Waals surface area contributed by atoms with Crippen molar-refractivity contribution in [2.24, 2.45) is 5.92 Å². The Morgan fingerprint density at radius 1 is 1.23 bits per heavy atom. The van der Waals surface area contributed by atoms with Crippen LogP contribution in [0.5, 0.6) is 0 Å². The number of aryl methyl sites for hydroxylation is 3. The van der Waals surface area contributed by atoms with Crippen LogP contribution in [0.15, 0.2) is 12.1 Å². The lowest BCUT2D eigenvalue weighted by molar-refractivity contribution is -0.132. The molecule has 2 atom stereocenters. The van der Waals surface area contributed by atoms with Gasteiger partial charge in [-0.2, -0.15) is 0 Å². The molecule has 0 aromatic heterocycles. The molecule has 122 valence electrons. The maximum absolute atomic E-state index is 11.8. The lowest BCUT2D eigenvalue weighted by Crippen LogP contribution is -2.49. The first-order valence-electron chi connectivity index (χ1n) is 8.50. The van der Waals surface area contributed by atoms with Crippen LogP contribution in [0.1, 0.15) is 48.9 Å². The summed E-state index contributed by atoms with van der Waals surface area (Å²) in [6, 6.07) is 5.08. The summed E-state index contributed by atoms with van der Waals surface area (Å²) in [7, 11) is 0. The summed E-state index contributed by atoms with van der Waals surface area (Å²) in [5.74, 6) is 0.798. The number of likely N-dealkylation sites (tertiary alicyclic amines) is 1. The molecule has 1 saturated heterocycles. The van der Waals surface area contributed by atoms with E-state index in [0.717, 1.165) is 26.1 Å². The number of hydrogen-bond acceptors (Lipinski definition) is 2. The van der Waals surface area contributed by atoms with Gasteiger partial charge in [0.15, 0.2) is 0 Å². The summed E-state index contributed by atoms with van der Waals surface area (Å²) in [4.78, 5) is 13.8. The van der Waals surface area contributed by atoms with Crippen molar-refractivity contribution in [2.45, 2.75) is 60.0 Å². The van der Waals surface area contributed by atoms with Crippen LogP contribution in [0.4, 0.5) is 0 Å². The summed E-state index contributed by atoms with van der Waals surface area (Å²) in [5, 5.41) is 3.71. The van der Waals surface area contributed by atoms with E-state index >= 15 is 0 Å². The predicted octanol–water partition coefficient (Wildman–Crippen LogP) is 3.35. The van der Waals surface area contributed by atoms with Crippen molar-refractivity contribution >= 4 is 5.91 Å². The third-order valence-electron chi connectivity index (χ3n) is 5.07. The first-order valence-corrected chi connectivity index (χ1v) is 8.50. The second-order valence-electron chi connectivity index (χ2n) is 6.81. The fourth-order valence-corrected chi connectivity index (χ4v) is 3.35. The minimum absolute atomic E-state index is 0.287. The molecule has 1 amide bonds. The van der Waals surface area contributed by atoms with Crippen LogP contribution in [0, 0.1) is 26.7 Å². The second kappa shape index (κ2) is 7.28. The fraction of sp³-hybridized carbons (Fsp3) is 0.632. The molecule has 3 heteroatoms. The van der Waals surface area contributed by atoms with Gasteiger partial charge >= 0.3 is 0 Å². The number of nitrogens with zero attached hydrogens (tertiary/aromatic N) is 1. The zero-order valence-electron chi connectivity index (χ0n) is 14.7. The molecule has 22 heavy (non-hydrogen) atoms.